The minimum absolute atomic E-state index is 0.00345. The third-order valence-corrected chi connectivity index (χ3v) is 7.14. The van der Waals surface area contributed by atoms with Crippen LogP contribution in [0.4, 0.5) is 0 Å². The minimum atomic E-state index is -3.91. The number of rotatable bonds is 4. The lowest BCUT2D eigenvalue weighted by Crippen LogP contribution is -2.47. The molecule has 6 nitrogen and oxygen atoms in total. The van der Waals surface area contributed by atoms with Crippen molar-refractivity contribution in [2.24, 2.45) is 5.92 Å². The van der Waals surface area contributed by atoms with Crippen LogP contribution in [0, 0.1) is 5.92 Å². The molecule has 1 aromatic heterocycles. The van der Waals surface area contributed by atoms with Crippen LogP contribution in [0.15, 0.2) is 27.8 Å². The van der Waals surface area contributed by atoms with Crippen molar-refractivity contribution in [1.29, 1.82) is 0 Å². The van der Waals surface area contributed by atoms with Crippen molar-refractivity contribution >= 4 is 43.7 Å². The highest BCUT2D eigenvalue weighted by Crippen LogP contribution is 2.38. The Kier molecular flexibility index (Phi) is 4.96. The molecule has 2 atom stereocenters. The first-order chi connectivity index (χ1) is 9.75. The smallest absolute Gasteiger partial charge is 0.322 e. The van der Waals surface area contributed by atoms with Crippen molar-refractivity contribution in [2.45, 2.75) is 30.2 Å². The quantitative estimate of drug-likeness (QED) is 0.840. The standard InChI is InChI=1S/C12H15BrN2O4S2/c1-7(2)11-15(10(6-20-11)12(16)17)21(18,19)9-3-8(13)4-14-5-9/h3-5,7,10-11H,6H2,1-2H3,(H,16,17). The zero-order valence-corrected chi connectivity index (χ0v) is 14.7. The van der Waals surface area contributed by atoms with Gasteiger partial charge in [-0.25, -0.2) is 8.42 Å². The summed E-state index contributed by atoms with van der Waals surface area (Å²) in [6.07, 6.45) is 2.71. The van der Waals surface area contributed by atoms with Crippen LogP contribution < -0.4 is 0 Å². The summed E-state index contributed by atoms with van der Waals surface area (Å²) in [4.78, 5) is 15.2. The number of hydrogen-bond donors (Lipinski definition) is 1. The minimum Gasteiger partial charge on any atom is -0.480 e. The molecule has 0 bridgehead atoms. The second kappa shape index (κ2) is 6.23. The van der Waals surface area contributed by atoms with Crippen LogP contribution in [0.1, 0.15) is 13.8 Å². The largest absolute Gasteiger partial charge is 0.480 e. The lowest BCUT2D eigenvalue weighted by atomic mass is 10.2. The van der Waals surface area contributed by atoms with E-state index in [0.717, 1.165) is 4.31 Å². The van der Waals surface area contributed by atoms with Gasteiger partial charge in [0.1, 0.15) is 10.9 Å². The first-order valence-corrected chi connectivity index (χ1v) is 9.52. The van der Waals surface area contributed by atoms with E-state index < -0.39 is 27.4 Å². The van der Waals surface area contributed by atoms with Crippen molar-refractivity contribution in [2.75, 3.05) is 5.75 Å². The molecular weight excluding hydrogens is 380 g/mol. The van der Waals surface area contributed by atoms with E-state index in [4.69, 9.17) is 0 Å². The number of aliphatic carboxylic acids is 1. The molecule has 0 saturated carbocycles. The molecule has 1 saturated heterocycles. The molecule has 2 unspecified atom stereocenters. The summed E-state index contributed by atoms with van der Waals surface area (Å²) in [5.74, 6) is -0.870. The zero-order valence-electron chi connectivity index (χ0n) is 11.4. The van der Waals surface area contributed by atoms with Gasteiger partial charge in [0, 0.05) is 22.6 Å². The first kappa shape index (κ1) is 16.7. The van der Waals surface area contributed by atoms with Gasteiger partial charge in [-0.3, -0.25) is 9.78 Å². The van der Waals surface area contributed by atoms with Gasteiger partial charge in [-0.05, 0) is 27.9 Å². The topological polar surface area (TPSA) is 87.6 Å². The van der Waals surface area contributed by atoms with Crippen LogP contribution in [0.25, 0.3) is 0 Å². The fourth-order valence-electron chi connectivity index (χ4n) is 2.14. The van der Waals surface area contributed by atoms with Gasteiger partial charge in [0.15, 0.2) is 0 Å². The summed E-state index contributed by atoms with van der Waals surface area (Å²) in [5, 5.41) is 8.91. The van der Waals surface area contributed by atoms with Crippen molar-refractivity contribution in [3.05, 3.63) is 22.9 Å². The molecule has 2 heterocycles. The number of pyridine rings is 1. The number of carboxylic acids is 1. The molecule has 1 N–H and O–H groups in total. The summed E-state index contributed by atoms with van der Waals surface area (Å²) in [5.41, 5.74) is 0. The predicted octanol–water partition coefficient (Wildman–Crippen LogP) is 2.02. The van der Waals surface area contributed by atoms with Crippen molar-refractivity contribution in [1.82, 2.24) is 9.29 Å². The van der Waals surface area contributed by atoms with E-state index in [1.807, 2.05) is 13.8 Å². The maximum atomic E-state index is 12.8. The molecule has 1 aliphatic rings. The molecular formula is C12H15BrN2O4S2. The predicted molar refractivity (Wildman–Crippen MR) is 83.5 cm³/mol. The Morgan fingerprint density at radius 1 is 1.52 bits per heavy atom. The van der Waals surface area contributed by atoms with Gasteiger partial charge in [0.2, 0.25) is 10.0 Å². The fourth-order valence-corrected chi connectivity index (χ4v) is 6.36. The summed E-state index contributed by atoms with van der Waals surface area (Å²) >= 11 is 4.54. The van der Waals surface area contributed by atoms with E-state index in [9.17, 15) is 18.3 Å². The fraction of sp³-hybridized carbons (Fsp3) is 0.500. The van der Waals surface area contributed by atoms with Crippen molar-refractivity contribution in [3.63, 3.8) is 0 Å². The highest BCUT2D eigenvalue weighted by Gasteiger charge is 2.47. The third kappa shape index (κ3) is 3.25. The Morgan fingerprint density at radius 3 is 2.71 bits per heavy atom. The average Bonchev–Trinajstić information content (AvgIpc) is 2.84. The number of carboxylic acid groups (broad SMARTS) is 1. The molecule has 0 radical (unpaired) electrons. The highest BCUT2D eigenvalue weighted by molar-refractivity contribution is 9.10. The second-order valence-electron chi connectivity index (χ2n) is 5.00. The van der Waals surface area contributed by atoms with E-state index in [2.05, 4.69) is 20.9 Å². The number of halogens is 1. The molecule has 0 aromatic carbocycles. The maximum absolute atomic E-state index is 12.8. The van der Waals surface area contributed by atoms with E-state index in [-0.39, 0.29) is 16.6 Å². The Hall–Kier alpha value is -0.640. The van der Waals surface area contributed by atoms with E-state index in [1.165, 1.54) is 30.2 Å². The van der Waals surface area contributed by atoms with Crippen LogP contribution in [-0.2, 0) is 14.8 Å². The summed E-state index contributed by atoms with van der Waals surface area (Å²) in [6.45, 7) is 3.76. The first-order valence-electron chi connectivity index (χ1n) is 6.23. The molecule has 21 heavy (non-hydrogen) atoms. The molecule has 2 rings (SSSR count). The van der Waals surface area contributed by atoms with Gasteiger partial charge in [0.25, 0.3) is 0 Å². The monoisotopic (exact) mass is 394 g/mol. The number of sulfonamides is 1. The van der Waals surface area contributed by atoms with Crippen molar-refractivity contribution in [3.8, 4) is 0 Å². The molecule has 0 aliphatic carbocycles. The van der Waals surface area contributed by atoms with Crippen LogP contribution in [-0.4, -0.2) is 46.0 Å². The second-order valence-corrected chi connectivity index (χ2v) is 8.90. The summed E-state index contributed by atoms with van der Waals surface area (Å²) < 4.78 is 27.2. The normalized spacial score (nSPS) is 23.6. The Morgan fingerprint density at radius 2 is 2.19 bits per heavy atom. The third-order valence-electron chi connectivity index (χ3n) is 3.09. The van der Waals surface area contributed by atoms with Crippen LogP contribution in [0.2, 0.25) is 0 Å². The number of hydrogen-bond acceptors (Lipinski definition) is 5. The summed E-state index contributed by atoms with van der Waals surface area (Å²) in [7, 11) is -3.91. The lowest BCUT2D eigenvalue weighted by Gasteiger charge is -2.28. The molecule has 0 amide bonds. The molecule has 1 fully saturated rings. The van der Waals surface area contributed by atoms with Gasteiger partial charge in [-0.15, -0.1) is 11.8 Å². The van der Waals surface area contributed by atoms with Gasteiger partial charge in [0.05, 0.1) is 5.37 Å². The molecule has 1 aromatic rings. The Bertz CT molecular complexity index is 650. The van der Waals surface area contributed by atoms with E-state index in [1.54, 1.807) is 0 Å². The maximum Gasteiger partial charge on any atom is 0.322 e. The molecule has 0 spiro atoms. The number of nitrogens with zero attached hydrogens (tertiary/aromatic N) is 2. The zero-order chi connectivity index (χ0) is 15.8. The molecule has 116 valence electrons. The Labute approximate surface area is 136 Å². The van der Waals surface area contributed by atoms with Crippen LogP contribution >= 0.6 is 27.7 Å². The SMILES string of the molecule is CC(C)C1SCC(C(=O)O)N1S(=O)(=O)c1cncc(Br)c1. The summed E-state index contributed by atoms with van der Waals surface area (Å²) in [6, 6.07) is 0.383. The van der Waals surface area contributed by atoms with Crippen LogP contribution in [0.5, 0.6) is 0 Å². The lowest BCUT2D eigenvalue weighted by molar-refractivity contribution is -0.140. The van der Waals surface area contributed by atoms with E-state index in [0.29, 0.717) is 4.47 Å². The number of thioether (sulfide) groups is 1. The van der Waals surface area contributed by atoms with E-state index >= 15 is 0 Å². The van der Waals surface area contributed by atoms with Gasteiger partial charge < -0.3 is 5.11 Å². The van der Waals surface area contributed by atoms with Gasteiger partial charge in [-0.2, -0.15) is 4.31 Å². The highest BCUT2D eigenvalue weighted by atomic mass is 79.9. The Balaban J connectivity index is 2.50. The number of aromatic nitrogens is 1. The van der Waals surface area contributed by atoms with Crippen molar-refractivity contribution < 1.29 is 18.3 Å². The van der Waals surface area contributed by atoms with Gasteiger partial charge >= 0.3 is 5.97 Å². The average molecular weight is 395 g/mol. The molecule has 9 heteroatoms. The number of carbonyl (C=O) groups is 1. The molecule has 1 aliphatic heterocycles. The van der Waals surface area contributed by atoms with Gasteiger partial charge in [-0.1, -0.05) is 13.8 Å². The van der Waals surface area contributed by atoms with Crippen LogP contribution in [0.3, 0.4) is 0 Å².